The fraction of sp³-hybridized carbons (Fsp3) is 0.312. The standard InChI is InChI=1S/C32H33N3O7S/c1-6-40-25-15-20(13-14-24(25)39-5)29-28(31(38)42-8-3)19(4)33-32-35(29)30(37)26(43-32)16-21-17-34(18-27(36)41-7-2)23-12-10-9-11-22(21)23/h9-17,29H,6-8,18H2,1-5H3/b26-16-/t29-/m0/s1. The number of para-hydroxylation sites is 1. The van der Waals surface area contributed by atoms with Gasteiger partial charge in [-0.05, 0) is 57.5 Å². The predicted molar refractivity (Wildman–Crippen MR) is 163 cm³/mol. The first-order valence-electron chi connectivity index (χ1n) is 14.0. The number of allylic oxidation sites excluding steroid dienone is 1. The highest BCUT2D eigenvalue weighted by molar-refractivity contribution is 7.07. The van der Waals surface area contributed by atoms with E-state index in [4.69, 9.17) is 18.9 Å². The van der Waals surface area contributed by atoms with Crippen molar-refractivity contribution in [3.63, 3.8) is 0 Å². The van der Waals surface area contributed by atoms with E-state index in [2.05, 4.69) is 4.99 Å². The van der Waals surface area contributed by atoms with Gasteiger partial charge in [0.05, 0.1) is 48.8 Å². The second-order valence-corrected chi connectivity index (χ2v) is 10.7. The van der Waals surface area contributed by atoms with Gasteiger partial charge in [0, 0.05) is 22.7 Å². The lowest BCUT2D eigenvalue weighted by atomic mass is 9.95. The third-order valence-electron chi connectivity index (χ3n) is 7.03. The van der Waals surface area contributed by atoms with Gasteiger partial charge in [-0.1, -0.05) is 35.6 Å². The Morgan fingerprint density at radius 3 is 2.51 bits per heavy atom. The van der Waals surface area contributed by atoms with Gasteiger partial charge in [-0.15, -0.1) is 0 Å². The van der Waals surface area contributed by atoms with E-state index in [0.717, 1.165) is 16.5 Å². The van der Waals surface area contributed by atoms with Crippen LogP contribution < -0.4 is 24.4 Å². The summed E-state index contributed by atoms with van der Waals surface area (Å²) in [6, 6.07) is 12.2. The number of carbonyl (C=O) groups excluding carboxylic acids is 2. The molecule has 0 radical (unpaired) electrons. The molecule has 1 aliphatic heterocycles. The van der Waals surface area contributed by atoms with Crippen LogP contribution in [0, 0.1) is 0 Å². The molecule has 0 fully saturated rings. The van der Waals surface area contributed by atoms with Crippen molar-refractivity contribution in [1.29, 1.82) is 0 Å². The molecular formula is C32H33N3O7S. The van der Waals surface area contributed by atoms with Crippen LogP contribution in [0.25, 0.3) is 17.0 Å². The Labute approximate surface area is 252 Å². The van der Waals surface area contributed by atoms with Crippen molar-refractivity contribution in [2.75, 3.05) is 26.9 Å². The number of rotatable bonds is 10. The van der Waals surface area contributed by atoms with E-state index in [1.54, 1.807) is 46.1 Å². The Kier molecular flexibility index (Phi) is 8.81. The van der Waals surface area contributed by atoms with Crippen LogP contribution in [-0.2, 0) is 25.6 Å². The van der Waals surface area contributed by atoms with Crippen LogP contribution in [0.4, 0.5) is 0 Å². The molecular weight excluding hydrogens is 570 g/mol. The monoisotopic (exact) mass is 603 g/mol. The van der Waals surface area contributed by atoms with Gasteiger partial charge in [-0.25, -0.2) is 9.79 Å². The maximum Gasteiger partial charge on any atom is 0.338 e. The molecule has 0 N–H and O–H groups in total. The van der Waals surface area contributed by atoms with Crippen LogP contribution in [0.2, 0.25) is 0 Å². The van der Waals surface area contributed by atoms with E-state index in [-0.39, 0.29) is 30.3 Å². The predicted octanol–water partition coefficient (Wildman–Crippen LogP) is 3.72. The molecule has 3 heterocycles. The average molecular weight is 604 g/mol. The van der Waals surface area contributed by atoms with Crippen LogP contribution in [0.15, 0.2) is 69.7 Å². The van der Waals surface area contributed by atoms with Crippen molar-refractivity contribution < 1.29 is 28.5 Å². The SMILES string of the molecule is CCOC(=O)Cn1cc(/C=c2\sc3n(c2=O)[C@@H](c2ccc(OC)c(OCC)c2)C(C(=O)OCC)=C(C)N=3)c2ccccc21. The van der Waals surface area contributed by atoms with Crippen molar-refractivity contribution >= 4 is 40.3 Å². The third-order valence-corrected chi connectivity index (χ3v) is 8.01. The van der Waals surface area contributed by atoms with Crippen molar-refractivity contribution in [2.24, 2.45) is 4.99 Å². The first-order chi connectivity index (χ1) is 20.8. The largest absolute Gasteiger partial charge is 0.493 e. The molecule has 0 spiro atoms. The summed E-state index contributed by atoms with van der Waals surface area (Å²) >= 11 is 1.23. The molecule has 0 unspecified atom stereocenters. The van der Waals surface area contributed by atoms with Gasteiger partial charge in [0.15, 0.2) is 16.3 Å². The molecule has 43 heavy (non-hydrogen) atoms. The molecule has 2 aromatic heterocycles. The number of ether oxygens (including phenoxy) is 4. The summed E-state index contributed by atoms with van der Waals surface area (Å²) < 4.78 is 25.6. The second kappa shape index (κ2) is 12.7. The fourth-order valence-electron chi connectivity index (χ4n) is 5.25. The Hall–Kier alpha value is -4.64. The number of carbonyl (C=O) groups is 2. The molecule has 0 amide bonds. The first-order valence-corrected chi connectivity index (χ1v) is 14.9. The fourth-order valence-corrected chi connectivity index (χ4v) is 6.28. The molecule has 224 valence electrons. The Morgan fingerprint density at radius 2 is 1.79 bits per heavy atom. The number of nitrogens with zero attached hydrogens (tertiary/aromatic N) is 3. The van der Waals surface area contributed by atoms with Gasteiger partial charge in [-0.2, -0.15) is 0 Å². The lowest BCUT2D eigenvalue weighted by Crippen LogP contribution is -2.40. The summed E-state index contributed by atoms with van der Waals surface area (Å²) in [5.41, 5.74) is 2.70. The molecule has 1 atom stereocenters. The minimum absolute atomic E-state index is 0.0468. The zero-order valence-corrected chi connectivity index (χ0v) is 25.5. The summed E-state index contributed by atoms with van der Waals surface area (Å²) in [6.07, 6.45) is 3.64. The molecule has 10 nitrogen and oxygen atoms in total. The first kappa shape index (κ1) is 29.8. The van der Waals surface area contributed by atoms with Gasteiger partial charge >= 0.3 is 11.9 Å². The zero-order valence-electron chi connectivity index (χ0n) is 24.7. The van der Waals surface area contributed by atoms with Gasteiger partial charge in [0.25, 0.3) is 5.56 Å². The van der Waals surface area contributed by atoms with Crippen LogP contribution in [0.1, 0.15) is 44.9 Å². The molecule has 0 saturated heterocycles. The quantitative estimate of drug-likeness (QED) is 0.254. The smallest absolute Gasteiger partial charge is 0.338 e. The highest BCUT2D eigenvalue weighted by Gasteiger charge is 2.34. The van der Waals surface area contributed by atoms with Crippen molar-refractivity contribution in [1.82, 2.24) is 9.13 Å². The van der Waals surface area contributed by atoms with Gasteiger partial charge < -0.3 is 23.5 Å². The summed E-state index contributed by atoms with van der Waals surface area (Å²) in [6.45, 7) is 8.03. The Balaban J connectivity index is 1.70. The number of hydrogen-bond acceptors (Lipinski definition) is 9. The number of methoxy groups -OCH3 is 1. The number of aromatic nitrogens is 2. The third kappa shape index (κ3) is 5.72. The molecule has 1 aliphatic rings. The van der Waals surface area contributed by atoms with Crippen molar-refractivity contribution in [3.8, 4) is 11.5 Å². The van der Waals surface area contributed by atoms with Crippen LogP contribution in [-0.4, -0.2) is 48.0 Å². The van der Waals surface area contributed by atoms with Crippen molar-refractivity contribution in [3.05, 3.63) is 90.7 Å². The molecule has 4 aromatic rings. The number of fused-ring (bicyclic) bond motifs is 2. The lowest BCUT2D eigenvalue weighted by Gasteiger charge is -2.25. The van der Waals surface area contributed by atoms with Gasteiger partial charge in [0.2, 0.25) is 0 Å². The molecule has 0 aliphatic carbocycles. The van der Waals surface area contributed by atoms with E-state index >= 15 is 0 Å². The average Bonchev–Trinajstić information content (AvgIpc) is 3.48. The van der Waals surface area contributed by atoms with E-state index < -0.39 is 12.0 Å². The molecule has 0 bridgehead atoms. The molecule has 2 aromatic carbocycles. The molecule has 0 saturated carbocycles. The molecule has 5 rings (SSSR count). The van der Waals surface area contributed by atoms with Gasteiger partial charge in [-0.3, -0.25) is 14.2 Å². The van der Waals surface area contributed by atoms with Crippen LogP contribution in [0.3, 0.4) is 0 Å². The lowest BCUT2D eigenvalue weighted by molar-refractivity contribution is -0.143. The normalized spacial score (nSPS) is 14.8. The number of benzene rings is 2. The maximum atomic E-state index is 14.1. The van der Waals surface area contributed by atoms with Gasteiger partial charge in [0.1, 0.15) is 6.54 Å². The second-order valence-electron chi connectivity index (χ2n) is 9.68. The maximum absolute atomic E-state index is 14.1. The van der Waals surface area contributed by atoms with Crippen LogP contribution >= 0.6 is 11.3 Å². The van der Waals surface area contributed by atoms with E-state index in [9.17, 15) is 14.4 Å². The minimum Gasteiger partial charge on any atom is -0.493 e. The summed E-state index contributed by atoms with van der Waals surface area (Å²) in [5.74, 6) is 0.147. The number of thiazole rings is 1. The summed E-state index contributed by atoms with van der Waals surface area (Å²) in [4.78, 5) is 44.8. The minimum atomic E-state index is -0.798. The zero-order chi connectivity index (χ0) is 30.7. The topological polar surface area (TPSA) is 110 Å². The highest BCUT2D eigenvalue weighted by atomic mass is 32.1. The summed E-state index contributed by atoms with van der Waals surface area (Å²) in [5, 5.41) is 0.883. The van der Waals surface area contributed by atoms with E-state index in [1.165, 1.54) is 15.9 Å². The number of esters is 2. The summed E-state index contributed by atoms with van der Waals surface area (Å²) in [7, 11) is 1.55. The number of hydrogen-bond donors (Lipinski definition) is 0. The van der Waals surface area contributed by atoms with Crippen LogP contribution in [0.5, 0.6) is 11.5 Å². The highest BCUT2D eigenvalue weighted by Crippen LogP contribution is 2.36. The Bertz CT molecular complexity index is 1910. The molecule has 11 heteroatoms. The Morgan fingerprint density at radius 1 is 1.02 bits per heavy atom. The van der Waals surface area contributed by atoms with E-state index in [1.807, 2.05) is 48.0 Å². The van der Waals surface area contributed by atoms with E-state index in [0.29, 0.717) is 45.3 Å². The van der Waals surface area contributed by atoms with Crippen molar-refractivity contribution in [2.45, 2.75) is 40.3 Å².